The van der Waals surface area contributed by atoms with Crippen LogP contribution in [0, 0.1) is 12.3 Å². The van der Waals surface area contributed by atoms with Crippen LogP contribution in [-0.2, 0) is 9.47 Å². The van der Waals surface area contributed by atoms with Crippen LogP contribution in [0.25, 0.3) is 0 Å². The fourth-order valence-corrected chi connectivity index (χ4v) is 0.731. The van der Waals surface area contributed by atoms with Crippen LogP contribution >= 0.6 is 0 Å². The van der Waals surface area contributed by atoms with Crippen molar-refractivity contribution in [2.45, 2.75) is 19.4 Å². The Morgan fingerprint density at radius 1 is 1.31 bits per heavy atom. The molecule has 0 heterocycles. The van der Waals surface area contributed by atoms with Crippen LogP contribution in [0.2, 0.25) is 0 Å². The van der Waals surface area contributed by atoms with E-state index in [0.717, 1.165) is 6.54 Å². The summed E-state index contributed by atoms with van der Waals surface area (Å²) in [5, 5.41) is 3.18. The summed E-state index contributed by atoms with van der Waals surface area (Å²) in [4.78, 5) is 0. The van der Waals surface area contributed by atoms with Gasteiger partial charge in [-0.1, -0.05) is 5.92 Å². The van der Waals surface area contributed by atoms with Crippen molar-refractivity contribution in [2.75, 3.05) is 33.5 Å². The first-order valence-corrected chi connectivity index (χ1v) is 4.42. The maximum absolute atomic E-state index is 5.30. The summed E-state index contributed by atoms with van der Waals surface area (Å²) in [5.41, 5.74) is -0.245. The molecule has 0 rings (SSSR count). The number of hydrogen-bond acceptors (Lipinski definition) is 3. The Kier molecular flexibility index (Phi) is 6.61. The van der Waals surface area contributed by atoms with Gasteiger partial charge in [-0.2, -0.15) is 0 Å². The van der Waals surface area contributed by atoms with Gasteiger partial charge in [-0.25, -0.2) is 0 Å². The molecular weight excluding hydrogens is 166 g/mol. The molecule has 0 saturated carbocycles. The van der Waals surface area contributed by atoms with Crippen LogP contribution in [0.3, 0.4) is 0 Å². The molecule has 13 heavy (non-hydrogen) atoms. The van der Waals surface area contributed by atoms with E-state index in [0.29, 0.717) is 19.8 Å². The van der Waals surface area contributed by atoms with E-state index in [-0.39, 0.29) is 5.54 Å². The van der Waals surface area contributed by atoms with Crippen LogP contribution in [0.4, 0.5) is 0 Å². The summed E-state index contributed by atoms with van der Waals surface area (Å²) in [7, 11) is 1.66. The molecule has 0 aromatic heterocycles. The van der Waals surface area contributed by atoms with E-state index >= 15 is 0 Å². The van der Waals surface area contributed by atoms with E-state index in [4.69, 9.17) is 15.9 Å². The van der Waals surface area contributed by atoms with Crippen molar-refractivity contribution >= 4 is 0 Å². The zero-order valence-corrected chi connectivity index (χ0v) is 8.72. The van der Waals surface area contributed by atoms with Crippen LogP contribution < -0.4 is 5.32 Å². The molecule has 3 nitrogen and oxygen atoms in total. The minimum atomic E-state index is -0.245. The maximum Gasteiger partial charge on any atom is 0.0742 e. The maximum atomic E-state index is 5.30. The van der Waals surface area contributed by atoms with Crippen molar-refractivity contribution in [1.82, 2.24) is 5.32 Å². The second-order valence-corrected chi connectivity index (χ2v) is 3.30. The van der Waals surface area contributed by atoms with Crippen LogP contribution in [-0.4, -0.2) is 39.0 Å². The number of ether oxygens (including phenoxy) is 2. The van der Waals surface area contributed by atoms with Gasteiger partial charge in [0.1, 0.15) is 0 Å². The first-order chi connectivity index (χ1) is 6.12. The van der Waals surface area contributed by atoms with Crippen molar-refractivity contribution in [3.05, 3.63) is 0 Å². The number of rotatable bonds is 7. The Morgan fingerprint density at radius 2 is 2.00 bits per heavy atom. The Bertz CT molecular complexity index is 161. The van der Waals surface area contributed by atoms with E-state index in [2.05, 4.69) is 11.2 Å². The minimum absolute atomic E-state index is 0.245. The molecule has 76 valence electrons. The second kappa shape index (κ2) is 6.90. The zero-order chi connectivity index (χ0) is 10.2. The monoisotopic (exact) mass is 185 g/mol. The highest BCUT2D eigenvalue weighted by molar-refractivity contribution is 5.07. The molecule has 0 amide bonds. The normalized spacial score (nSPS) is 11.2. The lowest BCUT2D eigenvalue weighted by atomic mass is 10.1. The molecule has 0 saturated heterocycles. The molecule has 0 spiro atoms. The van der Waals surface area contributed by atoms with E-state index in [1.165, 1.54) is 0 Å². The number of terminal acetylenes is 1. The van der Waals surface area contributed by atoms with Gasteiger partial charge in [-0.15, -0.1) is 6.42 Å². The van der Waals surface area contributed by atoms with Gasteiger partial charge in [-0.05, 0) is 13.8 Å². The molecular formula is C10H19NO2. The zero-order valence-electron chi connectivity index (χ0n) is 8.72. The van der Waals surface area contributed by atoms with Crippen LogP contribution in [0.1, 0.15) is 13.8 Å². The Morgan fingerprint density at radius 3 is 2.54 bits per heavy atom. The van der Waals surface area contributed by atoms with Gasteiger partial charge >= 0.3 is 0 Å². The molecule has 0 aliphatic rings. The average Bonchev–Trinajstić information content (AvgIpc) is 2.11. The fourth-order valence-electron chi connectivity index (χ4n) is 0.731. The fraction of sp³-hybridized carbons (Fsp3) is 0.800. The average molecular weight is 185 g/mol. The third-order valence-electron chi connectivity index (χ3n) is 1.61. The topological polar surface area (TPSA) is 30.5 Å². The summed E-state index contributed by atoms with van der Waals surface area (Å²) in [6.07, 6.45) is 5.30. The van der Waals surface area contributed by atoms with E-state index < -0.39 is 0 Å². The van der Waals surface area contributed by atoms with Crippen molar-refractivity contribution in [1.29, 1.82) is 0 Å². The minimum Gasteiger partial charge on any atom is -0.382 e. The van der Waals surface area contributed by atoms with Gasteiger partial charge in [-0.3, -0.25) is 5.32 Å². The van der Waals surface area contributed by atoms with Gasteiger partial charge < -0.3 is 9.47 Å². The summed E-state index contributed by atoms with van der Waals surface area (Å²) < 4.78 is 10.1. The highest BCUT2D eigenvalue weighted by Crippen LogP contribution is 1.96. The summed E-state index contributed by atoms with van der Waals surface area (Å²) in [6, 6.07) is 0. The van der Waals surface area contributed by atoms with Crippen molar-refractivity contribution in [3.8, 4) is 12.3 Å². The van der Waals surface area contributed by atoms with Gasteiger partial charge in [0.2, 0.25) is 0 Å². The lowest BCUT2D eigenvalue weighted by molar-refractivity contribution is 0.0706. The van der Waals surface area contributed by atoms with Crippen molar-refractivity contribution < 1.29 is 9.47 Å². The van der Waals surface area contributed by atoms with Crippen LogP contribution in [0.5, 0.6) is 0 Å². The highest BCUT2D eigenvalue weighted by atomic mass is 16.5. The standard InChI is InChI=1S/C10H19NO2/c1-5-10(2,3)11-6-7-13-9-8-12-4/h1,11H,6-9H2,2-4H3. The first-order valence-electron chi connectivity index (χ1n) is 4.42. The molecule has 0 aromatic carbocycles. The Hall–Kier alpha value is -0.560. The predicted molar refractivity (Wildman–Crippen MR) is 53.6 cm³/mol. The summed E-state index contributed by atoms with van der Waals surface area (Å²) in [5.74, 6) is 2.65. The van der Waals surface area contributed by atoms with Gasteiger partial charge in [0.15, 0.2) is 0 Å². The lowest BCUT2D eigenvalue weighted by Crippen LogP contribution is -2.39. The quantitative estimate of drug-likeness (QED) is 0.466. The van der Waals surface area contributed by atoms with Crippen LogP contribution in [0.15, 0.2) is 0 Å². The van der Waals surface area contributed by atoms with E-state index in [1.807, 2.05) is 13.8 Å². The molecule has 0 fully saturated rings. The molecule has 0 aliphatic heterocycles. The molecule has 0 bridgehead atoms. The lowest BCUT2D eigenvalue weighted by Gasteiger charge is -2.19. The molecule has 0 atom stereocenters. The molecule has 0 radical (unpaired) electrons. The predicted octanol–water partition coefficient (Wildman–Crippen LogP) is 0.651. The first kappa shape index (κ1) is 12.4. The molecule has 0 aliphatic carbocycles. The van der Waals surface area contributed by atoms with Crippen molar-refractivity contribution in [3.63, 3.8) is 0 Å². The van der Waals surface area contributed by atoms with Crippen molar-refractivity contribution in [2.24, 2.45) is 0 Å². The number of methoxy groups -OCH3 is 1. The third kappa shape index (κ3) is 7.79. The molecule has 0 unspecified atom stereocenters. The highest BCUT2D eigenvalue weighted by Gasteiger charge is 2.10. The molecule has 1 N–H and O–H groups in total. The number of nitrogens with one attached hydrogen (secondary N) is 1. The van der Waals surface area contributed by atoms with Gasteiger partial charge in [0.25, 0.3) is 0 Å². The second-order valence-electron chi connectivity index (χ2n) is 3.30. The molecule has 0 aromatic rings. The van der Waals surface area contributed by atoms with E-state index in [9.17, 15) is 0 Å². The largest absolute Gasteiger partial charge is 0.382 e. The third-order valence-corrected chi connectivity index (χ3v) is 1.61. The van der Waals surface area contributed by atoms with Gasteiger partial charge in [0.05, 0.1) is 25.4 Å². The molecule has 3 heteroatoms. The summed E-state index contributed by atoms with van der Waals surface area (Å²) >= 11 is 0. The summed E-state index contributed by atoms with van der Waals surface area (Å²) in [6.45, 7) is 6.62. The Labute approximate surface area is 80.8 Å². The van der Waals surface area contributed by atoms with E-state index in [1.54, 1.807) is 7.11 Å². The number of hydrogen-bond donors (Lipinski definition) is 1. The Balaban J connectivity index is 3.22. The smallest absolute Gasteiger partial charge is 0.0742 e. The SMILES string of the molecule is C#CC(C)(C)NCCOCCOC. The van der Waals surface area contributed by atoms with Gasteiger partial charge in [0, 0.05) is 13.7 Å².